The number of hydrogen-bond donors (Lipinski definition) is 0. The van der Waals surface area contributed by atoms with Gasteiger partial charge in [-0.15, -0.1) is 0 Å². The zero-order valence-electron chi connectivity index (χ0n) is 6.24. The summed E-state index contributed by atoms with van der Waals surface area (Å²) in [5.41, 5.74) is -0.0220. The molecule has 2 saturated heterocycles. The van der Waals surface area contributed by atoms with E-state index in [1.165, 1.54) is 0 Å². The summed E-state index contributed by atoms with van der Waals surface area (Å²) < 4.78 is 10.3. The molecule has 2 atom stereocenters. The third-order valence-electron chi connectivity index (χ3n) is 2.46. The van der Waals surface area contributed by atoms with Gasteiger partial charge in [0, 0.05) is 0 Å². The Morgan fingerprint density at radius 1 is 1.58 bits per heavy atom. The highest BCUT2D eigenvalue weighted by molar-refractivity contribution is 5.98. The van der Waals surface area contributed by atoms with E-state index in [0.29, 0.717) is 11.3 Å². The molecule has 3 rings (SSSR count). The molecule has 12 heavy (non-hydrogen) atoms. The van der Waals surface area contributed by atoms with E-state index in [9.17, 15) is 4.79 Å². The first kappa shape index (κ1) is 6.20. The first-order valence-corrected chi connectivity index (χ1v) is 3.73. The van der Waals surface area contributed by atoms with E-state index in [2.05, 4.69) is 6.58 Å². The Hall–Kier alpha value is -1.35. The van der Waals surface area contributed by atoms with Gasteiger partial charge < -0.3 is 9.47 Å². The van der Waals surface area contributed by atoms with Gasteiger partial charge in [0.05, 0.1) is 5.57 Å². The van der Waals surface area contributed by atoms with Crippen molar-refractivity contribution >= 4 is 5.97 Å². The minimum absolute atomic E-state index is 0.0311. The predicted octanol–water partition coefficient (Wildman–Crippen LogP) is 0.691. The molecule has 2 aliphatic heterocycles. The molecule has 0 saturated carbocycles. The molecule has 0 aromatic rings. The normalized spacial score (nSPS) is 41.7. The number of carbonyl (C=O) groups is 1. The lowest BCUT2D eigenvalue weighted by Gasteiger charge is -2.02. The standard InChI is InChI=1S/C9H6O3/c1-5-9-6(8(10)11-5)3-2-4-7(9)12-9/h2-4,7H,1H2. The molecule has 1 spiro atoms. The largest absolute Gasteiger partial charge is 0.425 e. The highest BCUT2D eigenvalue weighted by Gasteiger charge is 2.68. The van der Waals surface area contributed by atoms with Crippen LogP contribution in [-0.2, 0) is 14.3 Å². The molecule has 1 aliphatic carbocycles. The fourth-order valence-corrected chi connectivity index (χ4v) is 1.77. The van der Waals surface area contributed by atoms with Gasteiger partial charge in [-0.25, -0.2) is 4.79 Å². The molecule has 60 valence electrons. The van der Waals surface area contributed by atoms with E-state index in [0.717, 1.165) is 0 Å². The van der Waals surface area contributed by atoms with E-state index >= 15 is 0 Å². The number of esters is 1. The molecular weight excluding hydrogens is 156 g/mol. The molecule has 0 aromatic carbocycles. The van der Waals surface area contributed by atoms with E-state index in [1.54, 1.807) is 6.08 Å². The number of cyclic esters (lactones) is 1. The van der Waals surface area contributed by atoms with E-state index in [-0.39, 0.29) is 12.1 Å². The SMILES string of the molecule is C=C1OC(=O)C2=CC=CC3OC123. The van der Waals surface area contributed by atoms with Gasteiger partial charge in [0.1, 0.15) is 11.9 Å². The molecule has 0 N–H and O–H groups in total. The molecule has 0 amide bonds. The molecule has 2 fully saturated rings. The van der Waals surface area contributed by atoms with Crippen LogP contribution in [0, 0.1) is 0 Å². The summed E-state index contributed by atoms with van der Waals surface area (Å²) in [6.45, 7) is 3.66. The quantitative estimate of drug-likeness (QED) is 0.388. The Bertz CT molecular complexity index is 364. The molecule has 3 aliphatic rings. The summed E-state index contributed by atoms with van der Waals surface area (Å²) >= 11 is 0. The molecule has 0 radical (unpaired) electrons. The maximum Gasteiger partial charge on any atom is 0.342 e. The van der Waals surface area contributed by atoms with Gasteiger partial charge in [-0.3, -0.25) is 0 Å². The van der Waals surface area contributed by atoms with Crippen LogP contribution < -0.4 is 0 Å². The second kappa shape index (κ2) is 1.54. The van der Waals surface area contributed by atoms with Crippen LogP contribution in [0.3, 0.4) is 0 Å². The lowest BCUT2D eigenvalue weighted by Crippen LogP contribution is -2.17. The Labute approximate surface area is 69.0 Å². The molecular formula is C9H6O3. The van der Waals surface area contributed by atoms with Crippen molar-refractivity contribution in [3.63, 3.8) is 0 Å². The van der Waals surface area contributed by atoms with Crippen LogP contribution in [0.4, 0.5) is 0 Å². The summed E-state index contributed by atoms with van der Waals surface area (Å²) in [5.74, 6) is 0.0972. The molecule has 0 aromatic heterocycles. The summed E-state index contributed by atoms with van der Waals surface area (Å²) in [4.78, 5) is 11.2. The van der Waals surface area contributed by atoms with E-state index < -0.39 is 5.60 Å². The number of rotatable bonds is 0. The van der Waals surface area contributed by atoms with Crippen LogP contribution in [-0.4, -0.2) is 17.7 Å². The van der Waals surface area contributed by atoms with Crippen LogP contribution in [0.25, 0.3) is 0 Å². The van der Waals surface area contributed by atoms with Gasteiger partial charge in [-0.2, -0.15) is 0 Å². The zero-order valence-corrected chi connectivity index (χ0v) is 6.24. The average Bonchev–Trinajstić information content (AvgIpc) is 2.72. The van der Waals surface area contributed by atoms with Crippen molar-refractivity contribution < 1.29 is 14.3 Å². The van der Waals surface area contributed by atoms with Gasteiger partial charge in [0.15, 0.2) is 5.60 Å². The van der Waals surface area contributed by atoms with Crippen LogP contribution in [0.2, 0.25) is 0 Å². The summed E-state index contributed by atoms with van der Waals surface area (Å²) in [7, 11) is 0. The Morgan fingerprint density at radius 3 is 3.17 bits per heavy atom. The number of hydrogen-bond acceptors (Lipinski definition) is 3. The van der Waals surface area contributed by atoms with Crippen LogP contribution in [0.1, 0.15) is 0 Å². The summed E-state index contributed by atoms with van der Waals surface area (Å²) in [6, 6.07) is 0. The average molecular weight is 162 g/mol. The monoisotopic (exact) mass is 162 g/mol. The zero-order chi connectivity index (χ0) is 8.34. The summed E-state index contributed by atoms with van der Waals surface area (Å²) in [6.07, 6.45) is 5.41. The van der Waals surface area contributed by atoms with Gasteiger partial charge in [-0.05, 0) is 6.08 Å². The number of ether oxygens (including phenoxy) is 2. The van der Waals surface area contributed by atoms with E-state index in [1.807, 2.05) is 12.2 Å². The van der Waals surface area contributed by atoms with Crippen molar-refractivity contribution in [2.45, 2.75) is 11.7 Å². The highest BCUT2D eigenvalue weighted by atomic mass is 16.7. The highest BCUT2D eigenvalue weighted by Crippen LogP contribution is 2.55. The predicted molar refractivity (Wildman–Crippen MR) is 40.1 cm³/mol. The van der Waals surface area contributed by atoms with Crippen molar-refractivity contribution in [1.82, 2.24) is 0 Å². The summed E-state index contributed by atoms with van der Waals surface area (Å²) in [5, 5.41) is 0. The van der Waals surface area contributed by atoms with E-state index in [4.69, 9.17) is 9.47 Å². The third-order valence-corrected chi connectivity index (χ3v) is 2.46. The van der Waals surface area contributed by atoms with Crippen LogP contribution in [0.15, 0.2) is 36.1 Å². The second-order valence-electron chi connectivity index (χ2n) is 3.05. The Balaban J connectivity index is 2.22. The van der Waals surface area contributed by atoms with Crippen molar-refractivity contribution in [3.8, 4) is 0 Å². The lowest BCUT2D eigenvalue weighted by atomic mass is 9.92. The number of allylic oxidation sites excluding steroid dienone is 2. The minimum Gasteiger partial charge on any atom is -0.425 e. The van der Waals surface area contributed by atoms with Crippen molar-refractivity contribution in [2.75, 3.05) is 0 Å². The fraction of sp³-hybridized carbons (Fsp3) is 0.222. The molecule has 2 heterocycles. The van der Waals surface area contributed by atoms with Crippen molar-refractivity contribution in [3.05, 3.63) is 36.1 Å². The molecule has 3 nitrogen and oxygen atoms in total. The minimum atomic E-state index is -0.605. The lowest BCUT2D eigenvalue weighted by molar-refractivity contribution is -0.132. The first-order chi connectivity index (χ1) is 5.75. The Morgan fingerprint density at radius 2 is 2.42 bits per heavy atom. The molecule has 3 heteroatoms. The van der Waals surface area contributed by atoms with Crippen molar-refractivity contribution in [1.29, 1.82) is 0 Å². The van der Waals surface area contributed by atoms with Crippen LogP contribution >= 0.6 is 0 Å². The number of carbonyl (C=O) groups excluding carboxylic acids is 1. The third kappa shape index (κ3) is 0.447. The van der Waals surface area contributed by atoms with Gasteiger partial charge in [0.25, 0.3) is 0 Å². The number of epoxide rings is 1. The maximum atomic E-state index is 11.2. The molecule has 2 unspecified atom stereocenters. The first-order valence-electron chi connectivity index (χ1n) is 3.73. The Kier molecular flexibility index (Phi) is 0.796. The van der Waals surface area contributed by atoms with Gasteiger partial charge in [-0.1, -0.05) is 18.7 Å². The fourth-order valence-electron chi connectivity index (χ4n) is 1.77. The van der Waals surface area contributed by atoms with Crippen LogP contribution in [0.5, 0.6) is 0 Å². The smallest absolute Gasteiger partial charge is 0.342 e. The van der Waals surface area contributed by atoms with Gasteiger partial charge >= 0.3 is 5.97 Å². The van der Waals surface area contributed by atoms with Gasteiger partial charge in [0.2, 0.25) is 0 Å². The maximum absolute atomic E-state index is 11.2. The second-order valence-corrected chi connectivity index (χ2v) is 3.05. The molecule has 0 bridgehead atoms. The topological polar surface area (TPSA) is 38.8 Å². The van der Waals surface area contributed by atoms with Crippen molar-refractivity contribution in [2.24, 2.45) is 0 Å².